The van der Waals surface area contributed by atoms with Gasteiger partial charge in [0.25, 0.3) is 0 Å². The van der Waals surface area contributed by atoms with Gasteiger partial charge >= 0.3 is 17.9 Å². The number of halogens is 3. The Morgan fingerprint density at radius 1 is 1.18 bits per heavy atom. The van der Waals surface area contributed by atoms with Crippen molar-refractivity contribution in [2.24, 2.45) is 0 Å². The number of ether oxygens (including phenoxy) is 1. The van der Waals surface area contributed by atoms with Crippen molar-refractivity contribution in [1.82, 2.24) is 5.32 Å². The van der Waals surface area contributed by atoms with Crippen molar-refractivity contribution in [3.05, 3.63) is 63.4 Å². The van der Waals surface area contributed by atoms with E-state index >= 15 is 0 Å². The van der Waals surface area contributed by atoms with Crippen LogP contribution in [0.5, 0.6) is 5.75 Å². The second kappa shape index (κ2) is 12.2. The minimum atomic E-state index is -4.28. The molecule has 0 unspecified atom stereocenters. The summed E-state index contributed by atoms with van der Waals surface area (Å²) in [5.41, 5.74) is -1.77. The van der Waals surface area contributed by atoms with Crippen molar-refractivity contribution in [3.63, 3.8) is 0 Å². The summed E-state index contributed by atoms with van der Waals surface area (Å²) in [6, 6.07) is 1.21. The third kappa shape index (κ3) is 9.29. The van der Waals surface area contributed by atoms with Crippen LogP contribution in [0.4, 0.5) is 18.0 Å². The van der Waals surface area contributed by atoms with Crippen LogP contribution in [0.3, 0.4) is 0 Å². The highest BCUT2D eigenvalue weighted by Gasteiger charge is 2.28. The Kier molecular flexibility index (Phi) is 10.3. The first-order valence-electron chi connectivity index (χ1n) is 10.5. The first-order valence-corrected chi connectivity index (χ1v) is 10.5. The van der Waals surface area contributed by atoms with Crippen LogP contribution >= 0.6 is 0 Å². The number of rotatable bonds is 10. The van der Waals surface area contributed by atoms with Gasteiger partial charge in [-0.2, -0.15) is 13.2 Å². The van der Waals surface area contributed by atoms with Crippen molar-refractivity contribution >= 4 is 11.9 Å². The molecule has 1 rings (SSSR count). The normalized spacial score (nSPS) is 13.3. The lowest BCUT2D eigenvalue weighted by Gasteiger charge is -2.22. The SMILES string of the molecule is COC(=O)N/C=C/CCC(C)(C)c1cc(O)c(C(=O)/C(C)=C/C=C(\C)CCC(F)(F)F)c(=O)o1. The summed E-state index contributed by atoms with van der Waals surface area (Å²) in [5.74, 6) is -1.16. The molecule has 0 fully saturated rings. The molecule has 0 atom stereocenters. The number of hydrogen-bond acceptors (Lipinski definition) is 6. The third-order valence-corrected chi connectivity index (χ3v) is 5.04. The molecule has 0 radical (unpaired) electrons. The number of carbonyl (C=O) groups is 2. The summed E-state index contributed by atoms with van der Waals surface area (Å²) >= 11 is 0. The molecule has 0 aliphatic carbocycles. The van der Waals surface area contributed by atoms with Crippen molar-refractivity contribution in [1.29, 1.82) is 0 Å². The molecule has 10 heteroatoms. The number of methoxy groups -OCH3 is 1. The number of Topliss-reactive ketones (excluding diaryl/α,β-unsaturated/α-hetero) is 1. The van der Waals surface area contributed by atoms with Crippen molar-refractivity contribution in [3.8, 4) is 5.75 Å². The van der Waals surface area contributed by atoms with E-state index in [-0.39, 0.29) is 17.8 Å². The fourth-order valence-corrected chi connectivity index (χ4v) is 2.82. The Morgan fingerprint density at radius 3 is 2.38 bits per heavy atom. The molecule has 0 saturated heterocycles. The number of allylic oxidation sites excluding steroid dienone is 5. The van der Waals surface area contributed by atoms with Gasteiger partial charge in [-0.1, -0.05) is 37.6 Å². The van der Waals surface area contributed by atoms with Gasteiger partial charge in [-0.15, -0.1) is 0 Å². The van der Waals surface area contributed by atoms with E-state index in [1.165, 1.54) is 45.4 Å². The standard InChI is InChI=1S/C24H30F3NO6/c1-15(10-12-24(25,26)27)8-9-16(2)20(30)19-17(29)14-18(34-21(19)31)23(3,4)11-6-7-13-28-22(32)33-5/h7-9,13-14,29H,6,10-12H2,1-5H3,(H,28,32)/b13-7+,15-8+,16-9+. The molecule has 1 aromatic rings. The highest BCUT2D eigenvalue weighted by atomic mass is 19.4. The van der Waals surface area contributed by atoms with Crippen LogP contribution in [0, 0.1) is 0 Å². The van der Waals surface area contributed by atoms with E-state index in [9.17, 15) is 32.7 Å². The second-order valence-electron chi connectivity index (χ2n) is 8.43. The molecule has 188 valence electrons. The van der Waals surface area contributed by atoms with E-state index in [0.29, 0.717) is 18.4 Å². The van der Waals surface area contributed by atoms with Crippen molar-refractivity contribution in [2.45, 2.75) is 65.0 Å². The zero-order chi connectivity index (χ0) is 26.1. The number of nitrogens with one attached hydrogen (secondary N) is 1. The van der Waals surface area contributed by atoms with Crippen LogP contribution in [0.1, 0.15) is 69.5 Å². The predicted octanol–water partition coefficient (Wildman–Crippen LogP) is 5.69. The monoisotopic (exact) mass is 485 g/mol. The van der Waals surface area contributed by atoms with Crippen LogP contribution in [0.15, 0.2) is 50.9 Å². The average molecular weight is 485 g/mol. The quantitative estimate of drug-likeness (QED) is 0.251. The summed E-state index contributed by atoms with van der Waals surface area (Å²) in [7, 11) is 1.24. The molecular formula is C24H30F3NO6. The van der Waals surface area contributed by atoms with Crippen LogP contribution in [-0.4, -0.2) is 30.3 Å². The lowest BCUT2D eigenvalue weighted by Crippen LogP contribution is -2.22. The largest absolute Gasteiger partial charge is 0.507 e. The summed E-state index contributed by atoms with van der Waals surface area (Å²) in [6.07, 6.45) is 0.702. The Labute approximate surface area is 196 Å². The van der Waals surface area contributed by atoms with E-state index in [2.05, 4.69) is 10.1 Å². The highest BCUT2D eigenvalue weighted by molar-refractivity contribution is 6.09. The van der Waals surface area contributed by atoms with E-state index < -0.39 is 46.8 Å². The zero-order valence-electron chi connectivity index (χ0n) is 19.8. The molecule has 0 bridgehead atoms. The van der Waals surface area contributed by atoms with Gasteiger partial charge < -0.3 is 14.3 Å². The average Bonchev–Trinajstić information content (AvgIpc) is 2.74. The second-order valence-corrected chi connectivity index (χ2v) is 8.43. The van der Waals surface area contributed by atoms with Gasteiger partial charge in [-0.25, -0.2) is 9.59 Å². The van der Waals surface area contributed by atoms with Crippen LogP contribution < -0.4 is 10.9 Å². The van der Waals surface area contributed by atoms with E-state index in [0.717, 1.165) is 0 Å². The third-order valence-electron chi connectivity index (χ3n) is 5.04. The first-order chi connectivity index (χ1) is 15.7. The van der Waals surface area contributed by atoms with Crippen LogP contribution in [-0.2, 0) is 10.2 Å². The summed E-state index contributed by atoms with van der Waals surface area (Å²) in [4.78, 5) is 36.2. The van der Waals surface area contributed by atoms with Gasteiger partial charge in [0.15, 0.2) is 5.78 Å². The number of aromatic hydroxyl groups is 1. The minimum Gasteiger partial charge on any atom is -0.507 e. The minimum absolute atomic E-state index is 0.0595. The van der Waals surface area contributed by atoms with Crippen LogP contribution in [0.2, 0.25) is 0 Å². The number of hydrogen-bond donors (Lipinski definition) is 2. The van der Waals surface area contributed by atoms with E-state index in [4.69, 9.17) is 4.42 Å². The Balaban J connectivity index is 2.98. The van der Waals surface area contributed by atoms with E-state index in [1.54, 1.807) is 19.9 Å². The fourth-order valence-electron chi connectivity index (χ4n) is 2.82. The summed E-state index contributed by atoms with van der Waals surface area (Å²) in [6.45, 7) is 6.46. The molecular weight excluding hydrogens is 455 g/mol. The lowest BCUT2D eigenvalue weighted by molar-refractivity contribution is -0.133. The molecule has 1 amide bonds. The maximum atomic E-state index is 12.6. The van der Waals surface area contributed by atoms with Gasteiger partial charge in [0.2, 0.25) is 0 Å². The molecule has 1 heterocycles. The highest BCUT2D eigenvalue weighted by Crippen LogP contribution is 2.31. The molecule has 0 aromatic carbocycles. The van der Waals surface area contributed by atoms with Gasteiger partial charge in [0.1, 0.15) is 17.1 Å². The summed E-state index contributed by atoms with van der Waals surface area (Å²) in [5, 5.41) is 12.8. The number of carbonyl (C=O) groups excluding carboxylic acids is 2. The molecule has 0 saturated carbocycles. The molecule has 0 aliphatic rings. The number of ketones is 1. The number of alkyl halides is 3. The Morgan fingerprint density at radius 2 is 1.82 bits per heavy atom. The molecule has 0 aliphatic heterocycles. The van der Waals surface area contributed by atoms with Crippen molar-refractivity contribution < 1.29 is 37.0 Å². The maximum Gasteiger partial charge on any atom is 0.410 e. The van der Waals surface area contributed by atoms with E-state index in [1.807, 2.05) is 0 Å². The zero-order valence-corrected chi connectivity index (χ0v) is 19.8. The topological polar surface area (TPSA) is 106 Å². The smallest absolute Gasteiger partial charge is 0.410 e. The molecule has 34 heavy (non-hydrogen) atoms. The number of alkyl carbamates (subject to hydrolysis) is 1. The maximum absolute atomic E-state index is 12.6. The first kappa shape index (κ1) is 28.7. The van der Waals surface area contributed by atoms with Gasteiger partial charge in [0.05, 0.1) is 7.11 Å². The Bertz CT molecular complexity index is 1030. The van der Waals surface area contributed by atoms with Gasteiger partial charge in [0, 0.05) is 24.1 Å². The lowest BCUT2D eigenvalue weighted by atomic mass is 9.84. The molecule has 1 aromatic heterocycles. The van der Waals surface area contributed by atoms with Crippen molar-refractivity contribution in [2.75, 3.05) is 7.11 Å². The Hall–Kier alpha value is -3.30. The molecule has 0 spiro atoms. The number of amides is 1. The van der Waals surface area contributed by atoms with Gasteiger partial charge in [-0.05, 0) is 38.7 Å². The molecule has 7 nitrogen and oxygen atoms in total. The van der Waals surface area contributed by atoms with Crippen LogP contribution in [0.25, 0.3) is 0 Å². The fraction of sp³-hybridized carbons (Fsp3) is 0.458. The van der Waals surface area contributed by atoms with Gasteiger partial charge in [-0.3, -0.25) is 10.1 Å². The molecule has 2 N–H and O–H groups in total. The summed E-state index contributed by atoms with van der Waals surface area (Å²) < 4.78 is 46.7. The predicted molar refractivity (Wildman–Crippen MR) is 121 cm³/mol.